The molecule has 0 aromatic heterocycles. The van der Waals surface area contributed by atoms with Crippen LogP contribution in [0.15, 0.2) is 29.2 Å². The molecule has 5 nitrogen and oxygen atoms in total. The van der Waals surface area contributed by atoms with Gasteiger partial charge in [-0.05, 0) is 25.0 Å². The minimum absolute atomic E-state index is 0.159. The number of halogens is 3. The summed E-state index contributed by atoms with van der Waals surface area (Å²) in [7, 11) is -4.15. The summed E-state index contributed by atoms with van der Waals surface area (Å²) in [6, 6.07) is 4.31. The SMILES string of the molecule is O=S(=O)(c1ccccc1OC(F)(F)F)N(CCO)C1CC1. The number of aliphatic hydroxyl groups is 1. The Bertz CT molecular complexity index is 599. The summed E-state index contributed by atoms with van der Waals surface area (Å²) in [6.45, 7) is -0.564. The first-order chi connectivity index (χ1) is 9.75. The maximum Gasteiger partial charge on any atom is 0.573 e. The Kier molecular flexibility index (Phi) is 4.45. The zero-order valence-corrected chi connectivity index (χ0v) is 11.7. The highest BCUT2D eigenvalue weighted by Crippen LogP contribution is 2.36. The molecule has 0 spiro atoms. The smallest absolute Gasteiger partial charge is 0.404 e. The molecule has 1 aliphatic rings. The van der Waals surface area contributed by atoms with E-state index in [2.05, 4.69) is 4.74 Å². The lowest BCUT2D eigenvalue weighted by Gasteiger charge is -2.22. The van der Waals surface area contributed by atoms with Gasteiger partial charge in [-0.3, -0.25) is 0 Å². The highest BCUT2D eigenvalue weighted by molar-refractivity contribution is 7.89. The molecule has 0 heterocycles. The maximum atomic E-state index is 12.5. The van der Waals surface area contributed by atoms with E-state index in [0.717, 1.165) is 16.4 Å². The summed E-state index contributed by atoms with van der Waals surface area (Å²) in [5, 5.41) is 8.96. The van der Waals surface area contributed by atoms with Crippen LogP contribution in [-0.4, -0.2) is 43.4 Å². The lowest BCUT2D eigenvalue weighted by Crippen LogP contribution is -2.36. The molecule has 0 aliphatic heterocycles. The third-order valence-corrected chi connectivity index (χ3v) is 4.93. The number of alkyl halides is 3. The van der Waals surface area contributed by atoms with E-state index in [4.69, 9.17) is 5.11 Å². The van der Waals surface area contributed by atoms with Crippen LogP contribution in [0.1, 0.15) is 12.8 Å². The van der Waals surface area contributed by atoms with Gasteiger partial charge < -0.3 is 9.84 Å². The van der Waals surface area contributed by atoms with Gasteiger partial charge in [-0.25, -0.2) is 8.42 Å². The Morgan fingerprint density at radius 3 is 2.43 bits per heavy atom. The molecule has 0 amide bonds. The molecule has 9 heteroatoms. The minimum atomic E-state index is -4.98. The number of aliphatic hydroxyl groups excluding tert-OH is 1. The lowest BCUT2D eigenvalue weighted by molar-refractivity contribution is -0.275. The largest absolute Gasteiger partial charge is 0.573 e. The van der Waals surface area contributed by atoms with Crippen molar-refractivity contribution in [3.8, 4) is 5.75 Å². The van der Waals surface area contributed by atoms with Gasteiger partial charge in [-0.15, -0.1) is 13.2 Å². The van der Waals surface area contributed by atoms with E-state index in [1.165, 1.54) is 12.1 Å². The van der Waals surface area contributed by atoms with Crippen LogP contribution in [0, 0.1) is 0 Å². The minimum Gasteiger partial charge on any atom is -0.404 e. The second-order valence-electron chi connectivity index (χ2n) is 4.57. The molecule has 2 rings (SSSR count). The average Bonchev–Trinajstić information content (AvgIpc) is 3.18. The number of hydrogen-bond donors (Lipinski definition) is 1. The first kappa shape index (κ1) is 16.1. The quantitative estimate of drug-likeness (QED) is 0.865. The molecule has 1 fully saturated rings. The molecule has 1 aromatic rings. The van der Waals surface area contributed by atoms with Gasteiger partial charge in [0, 0.05) is 12.6 Å². The Balaban J connectivity index is 2.39. The normalized spacial score (nSPS) is 16.2. The molecule has 1 saturated carbocycles. The number of benzene rings is 1. The van der Waals surface area contributed by atoms with E-state index in [1.54, 1.807) is 0 Å². The van der Waals surface area contributed by atoms with Crippen molar-refractivity contribution < 1.29 is 31.4 Å². The van der Waals surface area contributed by atoms with Gasteiger partial charge in [0.1, 0.15) is 10.6 Å². The fraction of sp³-hybridized carbons (Fsp3) is 0.500. The third kappa shape index (κ3) is 3.86. The number of rotatable bonds is 6. The van der Waals surface area contributed by atoms with Crippen LogP contribution in [0.2, 0.25) is 0 Å². The molecule has 1 aromatic carbocycles. The second-order valence-corrected chi connectivity index (χ2v) is 6.42. The van der Waals surface area contributed by atoms with Crippen LogP contribution >= 0.6 is 0 Å². The average molecular weight is 325 g/mol. The van der Waals surface area contributed by atoms with Gasteiger partial charge in [0.25, 0.3) is 0 Å². The summed E-state index contributed by atoms with van der Waals surface area (Å²) in [5.74, 6) is -0.770. The van der Waals surface area contributed by atoms with Crippen molar-refractivity contribution in [2.45, 2.75) is 30.1 Å². The van der Waals surface area contributed by atoms with Crippen molar-refractivity contribution in [2.24, 2.45) is 0 Å². The fourth-order valence-electron chi connectivity index (χ4n) is 1.96. The summed E-state index contributed by atoms with van der Waals surface area (Å²) in [5.41, 5.74) is 0. The second kappa shape index (κ2) is 5.82. The molecule has 0 unspecified atom stereocenters. The molecule has 21 heavy (non-hydrogen) atoms. The van der Waals surface area contributed by atoms with Gasteiger partial charge in [0.15, 0.2) is 0 Å². The number of ether oxygens (including phenoxy) is 1. The molecule has 0 atom stereocenters. The van der Waals surface area contributed by atoms with Crippen LogP contribution < -0.4 is 4.74 Å². The highest BCUT2D eigenvalue weighted by atomic mass is 32.2. The molecule has 0 saturated heterocycles. The van der Waals surface area contributed by atoms with E-state index >= 15 is 0 Å². The maximum absolute atomic E-state index is 12.5. The van der Waals surface area contributed by atoms with E-state index < -0.39 is 33.6 Å². The molecule has 1 aliphatic carbocycles. The first-order valence-corrected chi connectivity index (χ1v) is 7.67. The third-order valence-electron chi connectivity index (χ3n) is 2.94. The van der Waals surface area contributed by atoms with Crippen LogP contribution in [-0.2, 0) is 10.0 Å². The Morgan fingerprint density at radius 1 is 1.29 bits per heavy atom. The fourth-order valence-corrected chi connectivity index (χ4v) is 3.75. The van der Waals surface area contributed by atoms with Gasteiger partial charge in [-0.1, -0.05) is 12.1 Å². The van der Waals surface area contributed by atoms with E-state index in [1.807, 2.05) is 0 Å². The van der Waals surface area contributed by atoms with Crippen molar-refractivity contribution in [1.82, 2.24) is 4.31 Å². The number of sulfonamides is 1. The predicted octanol–water partition coefficient (Wildman–Crippen LogP) is 1.73. The molecule has 0 bridgehead atoms. The van der Waals surface area contributed by atoms with Crippen LogP contribution in [0.5, 0.6) is 5.75 Å². The topological polar surface area (TPSA) is 66.8 Å². The number of para-hydroxylation sites is 1. The highest BCUT2D eigenvalue weighted by Gasteiger charge is 2.40. The van der Waals surface area contributed by atoms with E-state index in [9.17, 15) is 21.6 Å². The number of nitrogens with zero attached hydrogens (tertiary/aromatic N) is 1. The van der Waals surface area contributed by atoms with Crippen molar-refractivity contribution in [3.63, 3.8) is 0 Å². The van der Waals surface area contributed by atoms with E-state index in [0.29, 0.717) is 12.8 Å². The van der Waals surface area contributed by atoms with Crippen molar-refractivity contribution in [3.05, 3.63) is 24.3 Å². The van der Waals surface area contributed by atoms with Crippen LogP contribution in [0.4, 0.5) is 13.2 Å². The molecule has 0 radical (unpaired) electrons. The van der Waals surface area contributed by atoms with Gasteiger partial charge in [0.2, 0.25) is 10.0 Å². The summed E-state index contributed by atoms with van der Waals surface area (Å²) in [4.78, 5) is -0.553. The summed E-state index contributed by atoms with van der Waals surface area (Å²) in [6.07, 6.45) is -3.73. The molecular weight excluding hydrogens is 311 g/mol. The Hall–Kier alpha value is -1.32. The summed E-state index contributed by atoms with van der Waals surface area (Å²) >= 11 is 0. The molecule has 1 N–H and O–H groups in total. The van der Waals surface area contributed by atoms with Gasteiger partial charge in [-0.2, -0.15) is 4.31 Å². The number of hydrogen-bond acceptors (Lipinski definition) is 4. The van der Waals surface area contributed by atoms with Crippen LogP contribution in [0.25, 0.3) is 0 Å². The molecule has 118 valence electrons. The van der Waals surface area contributed by atoms with E-state index in [-0.39, 0.29) is 12.6 Å². The zero-order valence-electron chi connectivity index (χ0n) is 10.9. The Morgan fingerprint density at radius 2 is 1.90 bits per heavy atom. The molecular formula is C12H14F3NO4S. The zero-order chi connectivity index (χ0) is 15.7. The van der Waals surface area contributed by atoms with Crippen molar-refractivity contribution in [2.75, 3.05) is 13.2 Å². The lowest BCUT2D eigenvalue weighted by atomic mass is 10.3. The van der Waals surface area contributed by atoms with Crippen molar-refractivity contribution in [1.29, 1.82) is 0 Å². The van der Waals surface area contributed by atoms with Crippen molar-refractivity contribution >= 4 is 10.0 Å². The van der Waals surface area contributed by atoms with Gasteiger partial charge >= 0.3 is 6.36 Å². The summed E-state index contributed by atoms with van der Waals surface area (Å²) < 4.78 is 66.8. The first-order valence-electron chi connectivity index (χ1n) is 6.23. The monoisotopic (exact) mass is 325 g/mol. The van der Waals surface area contributed by atoms with Crippen LogP contribution in [0.3, 0.4) is 0 Å². The standard InChI is InChI=1S/C12H14F3NO4S/c13-12(14,15)20-10-3-1-2-4-11(10)21(18,19)16(7-8-17)9-5-6-9/h1-4,9,17H,5-8H2. The Labute approximate surface area is 120 Å². The van der Waals surface area contributed by atoms with Gasteiger partial charge in [0.05, 0.1) is 6.61 Å². The predicted molar refractivity (Wildman–Crippen MR) is 67.1 cm³/mol.